The lowest BCUT2D eigenvalue weighted by Crippen LogP contribution is -2.26. The molecule has 6 heteroatoms. The van der Waals surface area contributed by atoms with Gasteiger partial charge in [0.05, 0.1) is 16.7 Å². The van der Waals surface area contributed by atoms with E-state index in [0.29, 0.717) is 16.0 Å². The maximum atomic E-state index is 12.5. The van der Waals surface area contributed by atoms with Crippen molar-refractivity contribution in [3.63, 3.8) is 0 Å². The third-order valence-corrected chi connectivity index (χ3v) is 7.09. The van der Waals surface area contributed by atoms with Crippen LogP contribution in [-0.4, -0.2) is 20.6 Å². The molecule has 150 valence electrons. The monoisotopic (exact) mass is 425 g/mol. The molecule has 4 nitrogen and oxygen atoms in total. The molecule has 0 aliphatic rings. The second-order valence-electron chi connectivity index (χ2n) is 6.74. The van der Waals surface area contributed by atoms with Gasteiger partial charge in [-0.2, -0.15) is 0 Å². The second kappa shape index (κ2) is 9.29. The molecule has 0 saturated carbocycles. The zero-order chi connectivity index (χ0) is 20.9. The summed E-state index contributed by atoms with van der Waals surface area (Å²) in [5, 5.41) is 2.98. The summed E-state index contributed by atoms with van der Waals surface area (Å²) < 4.78 is 25.0. The number of thioether (sulfide) groups is 1. The molecule has 0 unspecified atom stereocenters. The fourth-order valence-corrected chi connectivity index (χ4v) is 4.72. The summed E-state index contributed by atoms with van der Waals surface area (Å²) in [7, 11) is -3.41. The van der Waals surface area contributed by atoms with E-state index in [-0.39, 0.29) is 17.7 Å². The molecular weight excluding hydrogens is 402 g/mol. The molecule has 0 aromatic heterocycles. The zero-order valence-corrected chi connectivity index (χ0v) is 18.0. The predicted molar refractivity (Wildman–Crippen MR) is 118 cm³/mol. The Labute approximate surface area is 176 Å². The van der Waals surface area contributed by atoms with Gasteiger partial charge in [-0.15, -0.1) is 11.8 Å². The van der Waals surface area contributed by atoms with Crippen molar-refractivity contribution < 1.29 is 13.2 Å². The van der Waals surface area contributed by atoms with Crippen molar-refractivity contribution in [2.75, 3.05) is 6.26 Å². The maximum absolute atomic E-state index is 12.5. The first kappa shape index (κ1) is 21.1. The first-order valence-electron chi connectivity index (χ1n) is 9.20. The minimum Gasteiger partial charge on any atom is -0.346 e. The molecule has 3 rings (SSSR count). The van der Waals surface area contributed by atoms with Crippen LogP contribution in [0.25, 0.3) is 0 Å². The molecule has 3 aromatic rings. The number of carbonyl (C=O) groups is 1. The number of amides is 1. The van der Waals surface area contributed by atoms with Crippen molar-refractivity contribution in [1.29, 1.82) is 0 Å². The van der Waals surface area contributed by atoms with Gasteiger partial charge in [0, 0.05) is 10.5 Å². The number of rotatable bonds is 7. The largest absolute Gasteiger partial charge is 0.346 e. The van der Waals surface area contributed by atoms with Crippen LogP contribution in [0, 0.1) is 0 Å². The Morgan fingerprint density at radius 2 is 1.55 bits per heavy atom. The highest BCUT2D eigenvalue weighted by molar-refractivity contribution is 7.98. The lowest BCUT2D eigenvalue weighted by atomic mass is 10.1. The van der Waals surface area contributed by atoms with Crippen molar-refractivity contribution in [2.24, 2.45) is 0 Å². The van der Waals surface area contributed by atoms with Crippen LogP contribution >= 0.6 is 11.8 Å². The molecular formula is C23H23NO3S2. The van der Waals surface area contributed by atoms with Gasteiger partial charge < -0.3 is 5.32 Å². The van der Waals surface area contributed by atoms with Crippen molar-refractivity contribution in [3.8, 4) is 0 Å². The fourth-order valence-electron chi connectivity index (χ4n) is 2.94. The van der Waals surface area contributed by atoms with Gasteiger partial charge in [-0.25, -0.2) is 8.42 Å². The molecule has 1 N–H and O–H groups in total. The van der Waals surface area contributed by atoms with Crippen LogP contribution in [0.5, 0.6) is 0 Å². The topological polar surface area (TPSA) is 63.2 Å². The molecule has 0 radical (unpaired) electrons. The third kappa shape index (κ3) is 5.49. The van der Waals surface area contributed by atoms with E-state index < -0.39 is 9.84 Å². The van der Waals surface area contributed by atoms with E-state index >= 15 is 0 Å². The summed E-state index contributed by atoms with van der Waals surface area (Å²) in [5.41, 5.74) is 2.17. The lowest BCUT2D eigenvalue weighted by molar-refractivity contribution is 0.0940. The Balaban J connectivity index is 1.65. The van der Waals surface area contributed by atoms with E-state index in [0.717, 1.165) is 5.56 Å². The lowest BCUT2D eigenvalue weighted by Gasteiger charge is -2.15. The quantitative estimate of drug-likeness (QED) is 0.549. The molecule has 1 atom stereocenters. The van der Waals surface area contributed by atoms with Crippen molar-refractivity contribution in [3.05, 3.63) is 95.6 Å². The zero-order valence-electron chi connectivity index (χ0n) is 16.3. The summed E-state index contributed by atoms with van der Waals surface area (Å²) in [5.74, 6) is -0.291. The van der Waals surface area contributed by atoms with E-state index in [1.54, 1.807) is 66.4 Å². The summed E-state index contributed by atoms with van der Waals surface area (Å²) in [6, 6.07) is 23.0. The molecule has 0 fully saturated rings. The van der Waals surface area contributed by atoms with E-state index in [1.165, 1.54) is 4.90 Å². The van der Waals surface area contributed by atoms with E-state index in [4.69, 9.17) is 0 Å². The van der Waals surface area contributed by atoms with Gasteiger partial charge in [-0.1, -0.05) is 42.5 Å². The predicted octanol–water partition coefficient (Wildman–Crippen LogP) is 4.87. The highest BCUT2D eigenvalue weighted by Gasteiger charge is 2.16. The van der Waals surface area contributed by atoms with Crippen LogP contribution in [-0.2, 0) is 15.6 Å². The normalized spacial score (nSPS) is 12.3. The van der Waals surface area contributed by atoms with Gasteiger partial charge in [0.2, 0.25) is 0 Å². The molecule has 0 aliphatic heterocycles. The van der Waals surface area contributed by atoms with Gasteiger partial charge in [0.1, 0.15) is 0 Å². The SMILES string of the molecule is CSc1ccc([C@H](C)NC(=O)c2ccc(CS(=O)(=O)c3ccccc3)cc2)cc1. The van der Waals surface area contributed by atoms with Crippen molar-refractivity contribution >= 4 is 27.5 Å². The van der Waals surface area contributed by atoms with Crippen LogP contribution in [0.2, 0.25) is 0 Å². The second-order valence-corrected chi connectivity index (χ2v) is 9.61. The number of sulfone groups is 1. The Kier molecular flexibility index (Phi) is 6.77. The van der Waals surface area contributed by atoms with E-state index in [2.05, 4.69) is 5.32 Å². The van der Waals surface area contributed by atoms with Crippen LogP contribution in [0.15, 0.2) is 88.7 Å². The summed E-state index contributed by atoms with van der Waals surface area (Å²) >= 11 is 1.67. The van der Waals surface area contributed by atoms with Crippen LogP contribution in [0.1, 0.15) is 34.5 Å². The average Bonchev–Trinajstić information content (AvgIpc) is 2.74. The summed E-state index contributed by atoms with van der Waals surface area (Å²) in [6.45, 7) is 1.94. The molecule has 0 heterocycles. The smallest absolute Gasteiger partial charge is 0.251 e. The number of carbonyl (C=O) groups excluding carboxylic acids is 1. The Bertz CT molecular complexity index is 1060. The Morgan fingerprint density at radius 3 is 2.14 bits per heavy atom. The van der Waals surface area contributed by atoms with Crippen molar-refractivity contribution in [1.82, 2.24) is 5.32 Å². The maximum Gasteiger partial charge on any atom is 0.251 e. The highest BCUT2D eigenvalue weighted by Crippen LogP contribution is 2.20. The standard InChI is InChI=1S/C23H23NO3S2/c1-17(19-12-14-21(28-2)15-13-19)24-23(25)20-10-8-18(9-11-20)16-29(26,27)22-6-4-3-5-7-22/h3-15,17H,16H2,1-2H3,(H,24,25)/t17-/m0/s1. The number of hydrogen-bond donors (Lipinski definition) is 1. The van der Waals surface area contributed by atoms with Gasteiger partial charge >= 0.3 is 0 Å². The molecule has 0 saturated heterocycles. The van der Waals surface area contributed by atoms with Crippen LogP contribution < -0.4 is 5.32 Å². The molecule has 0 bridgehead atoms. The van der Waals surface area contributed by atoms with E-state index in [1.807, 2.05) is 37.4 Å². The van der Waals surface area contributed by atoms with Gasteiger partial charge in [0.15, 0.2) is 9.84 Å². The van der Waals surface area contributed by atoms with Gasteiger partial charge in [-0.3, -0.25) is 4.79 Å². The van der Waals surface area contributed by atoms with Crippen LogP contribution in [0.4, 0.5) is 0 Å². The molecule has 0 spiro atoms. The minimum atomic E-state index is -3.41. The summed E-state index contributed by atoms with van der Waals surface area (Å²) in [6.07, 6.45) is 2.02. The van der Waals surface area contributed by atoms with Gasteiger partial charge in [-0.05, 0) is 60.7 Å². The third-order valence-electron chi connectivity index (χ3n) is 4.64. The Hall–Kier alpha value is -2.57. The minimum absolute atomic E-state index is 0.100. The molecule has 1 amide bonds. The van der Waals surface area contributed by atoms with Crippen molar-refractivity contribution in [2.45, 2.75) is 28.5 Å². The first-order chi connectivity index (χ1) is 13.9. The molecule has 3 aromatic carbocycles. The number of nitrogens with one attached hydrogen (secondary N) is 1. The molecule has 0 aliphatic carbocycles. The fraction of sp³-hybridized carbons (Fsp3) is 0.174. The number of hydrogen-bond acceptors (Lipinski definition) is 4. The average molecular weight is 426 g/mol. The van der Waals surface area contributed by atoms with Crippen LogP contribution in [0.3, 0.4) is 0 Å². The first-order valence-corrected chi connectivity index (χ1v) is 12.1. The Morgan fingerprint density at radius 1 is 0.931 bits per heavy atom. The molecule has 29 heavy (non-hydrogen) atoms. The van der Waals surface area contributed by atoms with Gasteiger partial charge in [0.25, 0.3) is 5.91 Å². The summed E-state index contributed by atoms with van der Waals surface area (Å²) in [4.78, 5) is 14.0. The van der Waals surface area contributed by atoms with E-state index in [9.17, 15) is 13.2 Å². The number of benzene rings is 3. The highest BCUT2D eigenvalue weighted by atomic mass is 32.2.